The van der Waals surface area contributed by atoms with Gasteiger partial charge >= 0.3 is 0 Å². The normalized spacial score (nSPS) is 37.8. The van der Waals surface area contributed by atoms with Gasteiger partial charge in [0.2, 0.25) is 0 Å². The lowest BCUT2D eigenvalue weighted by molar-refractivity contribution is -0.855. The van der Waals surface area contributed by atoms with Gasteiger partial charge in [0.05, 0.1) is 20.1 Å². The molecule has 1 aliphatic rings. The van der Waals surface area contributed by atoms with Gasteiger partial charge in [-0.05, 0) is 6.08 Å². The molecule has 2 nitrogen and oxygen atoms in total. The van der Waals surface area contributed by atoms with Crippen LogP contribution in [-0.2, 0) is 0 Å². The van der Waals surface area contributed by atoms with Crippen molar-refractivity contribution in [1.29, 1.82) is 0 Å². The van der Waals surface area contributed by atoms with E-state index in [0.717, 1.165) is 13.0 Å². The summed E-state index contributed by atoms with van der Waals surface area (Å²) in [7, 11) is 1.71. The van der Waals surface area contributed by atoms with E-state index in [1.54, 1.807) is 7.05 Å². The zero-order valence-corrected chi connectivity index (χ0v) is 5.13. The van der Waals surface area contributed by atoms with Crippen molar-refractivity contribution in [2.45, 2.75) is 6.42 Å². The van der Waals surface area contributed by atoms with E-state index in [4.69, 9.17) is 0 Å². The molecular weight excluding hydrogens is 102 g/mol. The summed E-state index contributed by atoms with van der Waals surface area (Å²) in [5, 5.41) is 11.0. The predicted octanol–water partition coefficient (Wildman–Crippen LogP) is 0.891. The summed E-state index contributed by atoms with van der Waals surface area (Å²) in [5.74, 6) is 0. The first-order chi connectivity index (χ1) is 3.71. The van der Waals surface area contributed by atoms with Crippen LogP contribution in [0.1, 0.15) is 6.42 Å². The van der Waals surface area contributed by atoms with E-state index >= 15 is 0 Å². The maximum atomic E-state index is 11.0. The predicted molar refractivity (Wildman–Crippen MR) is 33.0 cm³/mol. The van der Waals surface area contributed by atoms with E-state index in [9.17, 15) is 5.21 Å². The Hall–Kier alpha value is -0.340. The van der Waals surface area contributed by atoms with Crippen molar-refractivity contribution in [3.63, 3.8) is 0 Å². The molecule has 0 aromatic rings. The lowest BCUT2D eigenvalue weighted by Gasteiger charge is -2.39. The largest absolute Gasteiger partial charge is 0.633 e. The van der Waals surface area contributed by atoms with Crippen LogP contribution in [0, 0.1) is 5.21 Å². The van der Waals surface area contributed by atoms with Crippen LogP contribution < -0.4 is 0 Å². The average Bonchev–Trinajstić information content (AvgIpc) is 1.65. The number of likely N-dealkylation sites (N-methyl/N-ethyl adjacent to an activating group) is 1. The average molecular weight is 113 g/mol. The first-order valence-corrected chi connectivity index (χ1v) is 2.91. The second-order valence-corrected chi connectivity index (χ2v) is 2.46. The molecule has 0 fully saturated rings. The Morgan fingerprint density at radius 3 is 2.50 bits per heavy atom. The van der Waals surface area contributed by atoms with E-state index in [0.29, 0.717) is 6.54 Å². The van der Waals surface area contributed by atoms with Crippen LogP contribution in [0.4, 0.5) is 0 Å². The first-order valence-electron chi connectivity index (χ1n) is 2.91. The Labute approximate surface area is 49.6 Å². The van der Waals surface area contributed by atoms with E-state index in [1.807, 2.05) is 6.08 Å². The lowest BCUT2D eigenvalue weighted by atomic mass is 10.3. The topological polar surface area (TPSA) is 23.1 Å². The first kappa shape index (κ1) is 5.79. The van der Waals surface area contributed by atoms with Crippen LogP contribution in [-0.4, -0.2) is 24.8 Å². The van der Waals surface area contributed by atoms with E-state index in [2.05, 4.69) is 6.08 Å². The van der Waals surface area contributed by atoms with Gasteiger partial charge in [0.15, 0.2) is 0 Å². The number of hydrogen-bond acceptors (Lipinski definition) is 1. The molecule has 1 rings (SSSR count). The van der Waals surface area contributed by atoms with Gasteiger partial charge < -0.3 is 9.85 Å². The van der Waals surface area contributed by atoms with Crippen molar-refractivity contribution in [2.24, 2.45) is 0 Å². The summed E-state index contributed by atoms with van der Waals surface area (Å²) in [6, 6.07) is 0. The van der Waals surface area contributed by atoms with Gasteiger partial charge in [-0.3, -0.25) is 0 Å². The van der Waals surface area contributed by atoms with E-state index < -0.39 is 0 Å². The SMILES string of the molecule is C[N+]1([O-])CC=CCC1. The van der Waals surface area contributed by atoms with Crippen LogP contribution in [0.5, 0.6) is 0 Å². The highest BCUT2D eigenvalue weighted by atomic mass is 16.5. The highest BCUT2D eigenvalue weighted by Crippen LogP contribution is 2.06. The molecular formula is C6H11NO. The molecule has 0 bridgehead atoms. The van der Waals surface area contributed by atoms with Gasteiger partial charge in [-0.15, -0.1) is 0 Å². The van der Waals surface area contributed by atoms with Crippen molar-refractivity contribution in [1.82, 2.24) is 0 Å². The number of rotatable bonds is 0. The molecule has 0 saturated heterocycles. The molecule has 1 heterocycles. The molecule has 46 valence electrons. The summed E-state index contributed by atoms with van der Waals surface area (Å²) in [5.41, 5.74) is 0. The fourth-order valence-corrected chi connectivity index (χ4v) is 0.854. The summed E-state index contributed by atoms with van der Waals surface area (Å²) in [4.78, 5) is 0. The van der Waals surface area contributed by atoms with Crippen molar-refractivity contribution >= 4 is 0 Å². The third kappa shape index (κ3) is 1.32. The minimum absolute atomic E-state index is 0.0868. The van der Waals surface area contributed by atoms with Gasteiger partial charge in [0.25, 0.3) is 0 Å². The standard InChI is InChI=1S/C6H11NO/c1-7(8)5-3-2-4-6-7/h2-3H,4-6H2,1H3. The highest BCUT2D eigenvalue weighted by molar-refractivity contribution is 4.85. The van der Waals surface area contributed by atoms with Gasteiger partial charge in [-0.2, -0.15) is 0 Å². The minimum atomic E-state index is -0.0868. The summed E-state index contributed by atoms with van der Waals surface area (Å²) < 4.78 is -0.0868. The summed E-state index contributed by atoms with van der Waals surface area (Å²) in [6.07, 6.45) is 4.97. The van der Waals surface area contributed by atoms with Crippen molar-refractivity contribution in [3.05, 3.63) is 17.4 Å². The van der Waals surface area contributed by atoms with Crippen LogP contribution in [0.15, 0.2) is 12.2 Å². The summed E-state index contributed by atoms with van der Waals surface area (Å²) in [6.45, 7) is 1.40. The smallest absolute Gasteiger partial charge is 0.0969 e. The molecule has 0 aromatic carbocycles. The van der Waals surface area contributed by atoms with Crippen molar-refractivity contribution < 1.29 is 4.65 Å². The van der Waals surface area contributed by atoms with Gasteiger partial charge in [0.1, 0.15) is 0 Å². The van der Waals surface area contributed by atoms with Gasteiger partial charge in [0, 0.05) is 6.42 Å². The van der Waals surface area contributed by atoms with Gasteiger partial charge in [-0.25, -0.2) is 0 Å². The third-order valence-electron chi connectivity index (χ3n) is 1.43. The molecule has 0 radical (unpaired) electrons. The number of hydroxylamine groups is 3. The lowest BCUT2D eigenvalue weighted by Crippen LogP contribution is -2.39. The molecule has 2 heteroatoms. The fraction of sp³-hybridized carbons (Fsp3) is 0.667. The Balaban J connectivity index is 2.50. The van der Waals surface area contributed by atoms with Gasteiger partial charge in [-0.1, -0.05) is 6.08 Å². The maximum Gasteiger partial charge on any atom is 0.0969 e. The molecule has 0 spiro atoms. The van der Waals surface area contributed by atoms with Crippen LogP contribution in [0.2, 0.25) is 0 Å². The Morgan fingerprint density at radius 2 is 2.25 bits per heavy atom. The van der Waals surface area contributed by atoms with Crippen LogP contribution in [0.3, 0.4) is 0 Å². The van der Waals surface area contributed by atoms with Crippen LogP contribution >= 0.6 is 0 Å². The Kier molecular flexibility index (Phi) is 1.36. The second kappa shape index (κ2) is 1.88. The molecule has 0 aliphatic carbocycles. The van der Waals surface area contributed by atoms with Crippen LogP contribution in [0.25, 0.3) is 0 Å². The maximum absolute atomic E-state index is 11.0. The highest BCUT2D eigenvalue weighted by Gasteiger charge is 2.08. The number of quaternary nitrogens is 1. The molecule has 1 aliphatic heterocycles. The third-order valence-corrected chi connectivity index (χ3v) is 1.43. The zero-order chi connectivity index (χ0) is 6.04. The second-order valence-electron chi connectivity index (χ2n) is 2.46. The zero-order valence-electron chi connectivity index (χ0n) is 5.13. The van der Waals surface area contributed by atoms with E-state index in [-0.39, 0.29) is 4.65 Å². The molecule has 0 aromatic heterocycles. The van der Waals surface area contributed by atoms with Crippen molar-refractivity contribution in [2.75, 3.05) is 20.1 Å². The Bertz CT molecular complexity index is 107. The molecule has 0 amide bonds. The molecule has 8 heavy (non-hydrogen) atoms. The molecule has 1 atom stereocenters. The molecule has 1 unspecified atom stereocenters. The summed E-state index contributed by atoms with van der Waals surface area (Å²) >= 11 is 0. The Morgan fingerprint density at radius 1 is 1.50 bits per heavy atom. The monoisotopic (exact) mass is 113 g/mol. The molecule has 0 saturated carbocycles. The number of nitrogens with zero attached hydrogens (tertiary/aromatic N) is 1. The van der Waals surface area contributed by atoms with Crippen molar-refractivity contribution in [3.8, 4) is 0 Å². The fourth-order valence-electron chi connectivity index (χ4n) is 0.854. The number of hydrogen-bond donors (Lipinski definition) is 0. The minimum Gasteiger partial charge on any atom is -0.633 e. The van der Waals surface area contributed by atoms with E-state index in [1.165, 1.54) is 0 Å². The quantitative estimate of drug-likeness (QED) is 0.260. The molecule has 0 N–H and O–H groups in total.